The molecule has 0 aliphatic heterocycles. The minimum atomic E-state index is -3.35. The van der Waals surface area contributed by atoms with Gasteiger partial charge >= 0.3 is 0 Å². The molecule has 0 atom stereocenters. The number of hydrogen-bond donors (Lipinski definition) is 1. The molecule has 0 amide bonds. The van der Waals surface area contributed by atoms with E-state index in [1.54, 1.807) is 0 Å². The van der Waals surface area contributed by atoms with E-state index < -0.39 is 10.0 Å². The SMILES string of the molecule is N#Cc1ccc(NS(=O)(=O)CBr)cn1. The summed E-state index contributed by atoms with van der Waals surface area (Å²) in [4.78, 5) is 3.71. The molecule has 1 aromatic rings. The van der Waals surface area contributed by atoms with Crippen molar-refractivity contribution in [2.45, 2.75) is 0 Å². The quantitative estimate of drug-likeness (QED) is 0.836. The zero-order chi connectivity index (χ0) is 10.6. The Bertz CT molecular complexity index is 449. The predicted molar refractivity (Wildman–Crippen MR) is 55.3 cm³/mol. The van der Waals surface area contributed by atoms with Gasteiger partial charge in [-0.05, 0) is 12.1 Å². The van der Waals surface area contributed by atoms with E-state index in [0.29, 0.717) is 5.69 Å². The smallest absolute Gasteiger partial charge is 0.242 e. The maximum Gasteiger partial charge on any atom is 0.242 e. The first kappa shape index (κ1) is 10.9. The second-order valence-electron chi connectivity index (χ2n) is 2.37. The fourth-order valence-corrected chi connectivity index (χ4v) is 1.61. The Kier molecular flexibility index (Phi) is 3.43. The molecule has 0 fully saturated rings. The monoisotopic (exact) mass is 275 g/mol. The number of nitrogens with one attached hydrogen (secondary N) is 1. The number of nitrogens with zero attached hydrogens (tertiary/aromatic N) is 2. The van der Waals surface area contributed by atoms with E-state index in [1.807, 2.05) is 6.07 Å². The summed E-state index contributed by atoms with van der Waals surface area (Å²) in [5.41, 5.74) is 0.579. The van der Waals surface area contributed by atoms with Crippen LogP contribution >= 0.6 is 15.9 Å². The van der Waals surface area contributed by atoms with Crippen LogP contribution < -0.4 is 4.72 Å². The molecule has 0 aliphatic rings. The van der Waals surface area contributed by atoms with Crippen LogP contribution in [0.3, 0.4) is 0 Å². The maximum atomic E-state index is 11.1. The molecule has 0 saturated heterocycles. The molecule has 14 heavy (non-hydrogen) atoms. The lowest BCUT2D eigenvalue weighted by atomic mass is 10.3. The van der Waals surface area contributed by atoms with Crippen LogP contribution in [0.5, 0.6) is 0 Å². The molecule has 0 aromatic carbocycles. The van der Waals surface area contributed by atoms with E-state index in [9.17, 15) is 8.42 Å². The van der Waals surface area contributed by atoms with Gasteiger partial charge in [0.1, 0.15) is 16.4 Å². The van der Waals surface area contributed by atoms with Crippen molar-refractivity contribution in [2.75, 3.05) is 9.38 Å². The Hall–Kier alpha value is -1.13. The maximum absolute atomic E-state index is 11.1. The topological polar surface area (TPSA) is 82.9 Å². The van der Waals surface area contributed by atoms with E-state index >= 15 is 0 Å². The predicted octanol–water partition coefficient (Wildman–Crippen LogP) is 1.05. The number of sulfonamides is 1. The minimum Gasteiger partial charge on any atom is -0.281 e. The highest BCUT2D eigenvalue weighted by Crippen LogP contribution is 2.08. The molecule has 7 heteroatoms. The molecular formula is C7H6BrN3O2S. The second-order valence-corrected chi connectivity index (χ2v) is 5.40. The van der Waals surface area contributed by atoms with Crippen molar-refractivity contribution < 1.29 is 8.42 Å². The van der Waals surface area contributed by atoms with Gasteiger partial charge in [-0.15, -0.1) is 0 Å². The number of halogens is 1. The summed E-state index contributed by atoms with van der Waals surface area (Å²) in [7, 11) is -3.35. The third-order valence-corrected chi connectivity index (χ3v) is 3.94. The minimum absolute atomic E-state index is 0.181. The number of nitriles is 1. The summed E-state index contributed by atoms with van der Waals surface area (Å²) in [5, 5.41) is 8.45. The molecular weight excluding hydrogens is 270 g/mol. The van der Waals surface area contributed by atoms with E-state index in [4.69, 9.17) is 5.26 Å². The lowest BCUT2D eigenvalue weighted by Crippen LogP contribution is -2.13. The average molecular weight is 276 g/mol. The van der Waals surface area contributed by atoms with Crippen molar-refractivity contribution in [3.8, 4) is 6.07 Å². The molecule has 0 bridgehead atoms. The molecule has 1 N–H and O–H groups in total. The van der Waals surface area contributed by atoms with Crippen molar-refractivity contribution in [1.82, 2.24) is 4.98 Å². The Morgan fingerprint density at radius 1 is 1.57 bits per heavy atom. The van der Waals surface area contributed by atoms with Gasteiger partial charge in [0.2, 0.25) is 10.0 Å². The Labute approximate surface area is 90.0 Å². The number of rotatable bonds is 3. The molecule has 0 aliphatic carbocycles. The summed E-state index contributed by atoms with van der Waals surface area (Å²) < 4.78 is 24.2. The van der Waals surface area contributed by atoms with E-state index in [1.165, 1.54) is 18.3 Å². The van der Waals surface area contributed by atoms with Gasteiger partial charge in [0.15, 0.2) is 0 Å². The molecule has 0 saturated carbocycles. The summed E-state index contributed by atoms with van der Waals surface area (Å²) in [6.45, 7) is 0. The Balaban J connectivity index is 2.86. The third kappa shape index (κ3) is 2.97. The van der Waals surface area contributed by atoms with Gasteiger partial charge < -0.3 is 0 Å². The number of aromatic nitrogens is 1. The Morgan fingerprint density at radius 3 is 2.71 bits per heavy atom. The van der Waals surface area contributed by atoms with Crippen LogP contribution in [0.2, 0.25) is 0 Å². The zero-order valence-electron chi connectivity index (χ0n) is 6.94. The van der Waals surface area contributed by atoms with Gasteiger partial charge in [-0.1, -0.05) is 15.9 Å². The number of pyridine rings is 1. The number of alkyl halides is 1. The van der Waals surface area contributed by atoms with Crippen molar-refractivity contribution in [3.05, 3.63) is 24.0 Å². The number of anilines is 1. The zero-order valence-corrected chi connectivity index (χ0v) is 9.34. The molecule has 1 heterocycles. The van der Waals surface area contributed by atoms with Crippen LogP contribution in [0, 0.1) is 11.3 Å². The average Bonchev–Trinajstić information content (AvgIpc) is 2.19. The van der Waals surface area contributed by atoms with Crippen LogP contribution in [0.25, 0.3) is 0 Å². The van der Waals surface area contributed by atoms with E-state index in [2.05, 4.69) is 25.6 Å². The lowest BCUT2D eigenvalue weighted by Gasteiger charge is -2.03. The van der Waals surface area contributed by atoms with Crippen molar-refractivity contribution in [2.24, 2.45) is 0 Å². The van der Waals surface area contributed by atoms with Gasteiger partial charge in [-0.25, -0.2) is 13.4 Å². The van der Waals surface area contributed by atoms with Gasteiger partial charge in [0.05, 0.1) is 11.9 Å². The first-order valence-corrected chi connectivity index (χ1v) is 6.27. The summed E-state index contributed by atoms with van der Waals surface area (Å²) >= 11 is 2.83. The normalized spacial score (nSPS) is 10.6. The number of hydrogen-bond acceptors (Lipinski definition) is 4. The van der Waals surface area contributed by atoms with Crippen molar-refractivity contribution >= 4 is 31.6 Å². The van der Waals surface area contributed by atoms with Gasteiger partial charge in [0, 0.05) is 0 Å². The van der Waals surface area contributed by atoms with Gasteiger partial charge in [-0.3, -0.25) is 4.72 Å². The van der Waals surface area contributed by atoms with Gasteiger partial charge in [-0.2, -0.15) is 5.26 Å². The van der Waals surface area contributed by atoms with E-state index in [0.717, 1.165) is 0 Å². The van der Waals surface area contributed by atoms with Gasteiger partial charge in [0.25, 0.3) is 0 Å². The highest BCUT2D eigenvalue weighted by Gasteiger charge is 2.07. The first-order chi connectivity index (χ1) is 6.57. The molecule has 1 rings (SSSR count). The Morgan fingerprint density at radius 2 is 2.29 bits per heavy atom. The highest BCUT2D eigenvalue weighted by molar-refractivity contribution is 9.10. The standard InChI is InChI=1S/C7H6BrN3O2S/c8-5-14(12,13)11-7-2-1-6(3-9)10-4-7/h1-2,4,11H,5H2. The van der Waals surface area contributed by atoms with E-state index in [-0.39, 0.29) is 10.4 Å². The largest absolute Gasteiger partial charge is 0.281 e. The van der Waals surface area contributed by atoms with Crippen LogP contribution in [0.15, 0.2) is 18.3 Å². The fourth-order valence-electron chi connectivity index (χ4n) is 0.727. The summed E-state index contributed by atoms with van der Waals surface area (Å²) in [6.07, 6.45) is 1.29. The molecule has 74 valence electrons. The third-order valence-electron chi connectivity index (χ3n) is 1.30. The lowest BCUT2D eigenvalue weighted by molar-refractivity contribution is 0.606. The van der Waals surface area contributed by atoms with Crippen LogP contribution in [0.1, 0.15) is 5.69 Å². The highest BCUT2D eigenvalue weighted by atomic mass is 79.9. The van der Waals surface area contributed by atoms with Crippen LogP contribution in [0.4, 0.5) is 5.69 Å². The summed E-state index contributed by atoms with van der Waals surface area (Å²) in [6, 6.07) is 4.75. The van der Waals surface area contributed by atoms with Crippen molar-refractivity contribution in [3.63, 3.8) is 0 Å². The molecule has 0 spiro atoms. The molecule has 1 aromatic heterocycles. The van der Waals surface area contributed by atoms with Crippen LogP contribution in [-0.4, -0.2) is 18.1 Å². The fraction of sp³-hybridized carbons (Fsp3) is 0.143. The van der Waals surface area contributed by atoms with Crippen molar-refractivity contribution in [1.29, 1.82) is 5.26 Å². The molecule has 5 nitrogen and oxygen atoms in total. The van der Waals surface area contributed by atoms with Crippen LogP contribution in [-0.2, 0) is 10.0 Å². The summed E-state index contributed by atoms with van der Waals surface area (Å²) in [5.74, 6) is 0. The first-order valence-electron chi connectivity index (χ1n) is 3.50. The molecule has 0 unspecified atom stereocenters. The molecule has 0 radical (unpaired) electrons. The second kappa shape index (κ2) is 4.39.